The number of rotatable bonds is 6. The van der Waals surface area contributed by atoms with Crippen molar-refractivity contribution in [3.63, 3.8) is 0 Å². The summed E-state index contributed by atoms with van der Waals surface area (Å²) in [6.07, 6.45) is 2.15. The molecule has 154 valence electrons. The van der Waals surface area contributed by atoms with Gasteiger partial charge in [-0.3, -0.25) is 4.79 Å². The molecule has 4 rings (SSSR count). The summed E-state index contributed by atoms with van der Waals surface area (Å²) in [5, 5.41) is 6.11. The Hall–Kier alpha value is -3.74. The van der Waals surface area contributed by atoms with Gasteiger partial charge < -0.3 is 18.6 Å². The maximum atomic E-state index is 13.5. The second-order valence-corrected chi connectivity index (χ2v) is 6.72. The second-order valence-electron chi connectivity index (χ2n) is 6.72. The highest BCUT2D eigenvalue weighted by Gasteiger charge is 2.35. The Morgan fingerprint density at radius 3 is 2.27 bits per heavy atom. The molecule has 0 radical (unpaired) electrons. The van der Waals surface area contributed by atoms with E-state index < -0.39 is 0 Å². The highest BCUT2D eigenvalue weighted by atomic mass is 16.5. The van der Waals surface area contributed by atoms with Crippen LogP contribution in [0.25, 0.3) is 0 Å². The Kier molecular flexibility index (Phi) is 5.43. The maximum Gasteiger partial charge on any atom is 0.274 e. The summed E-state index contributed by atoms with van der Waals surface area (Å²) in [4.78, 5) is 13.5. The average Bonchev–Trinajstić information content (AvgIpc) is 3.48. The molecule has 1 unspecified atom stereocenters. The van der Waals surface area contributed by atoms with Crippen LogP contribution in [0.3, 0.4) is 0 Å². The van der Waals surface area contributed by atoms with Gasteiger partial charge in [0.05, 0.1) is 33.6 Å². The quantitative estimate of drug-likeness (QED) is 0.610. The summed E-state index contributed by atoms with van der Waals surface area (Å²) in [6.45, 7) is 0. The minimum atomic E-state index is -0.273. The molecule has 0 saturated heterocycles. The molecule has 1 amide bonds. The molecule has 1 aliphatic rings. The van der Waals surface area contributed by atoms with Gasteiger partial charge in [0, 0.05) is 12.0 Å². The number of hydrogen-bond acceptors (Lipinski definition) is 6. The van der Waals surface area contributed by atoms with Crippen LogP contribution in [-0.2, 0) is 0 Å². The zero-order valence-electron chi connectivity index (χ0n) is 17.0. The number of benzene rings is 2. The summed E-state index contributed by atoms with van der Waals surface area (Å²) in [5.41, 5.74) is 2.09. The van der Waals surface area contributed by atoms with Crippen molar-refractivity contribution in [2.24, 2.45) is 5.10 Å². The first kappa shape index (κ1) is 19.6. The van der Waals surface area contributed by atoms with Crippen LogP contribution < -0.4 is 14.2 Å². The molecule has 1 atom stereocenters. The largest absolute Gasteiger partial charge is 0.493 e. The molecule has 7 nitrogen and oxygen atoms in total. The lowest BCUT2D eigenvalue weighted by atomic mass is 10.0. The van der Waals surface area contributed by atoms with Crippen LogP contribution in [0.4, 0.5) is 0 Å². The van der Waals surface area contributed by atoms with Gasteiger partial charge in [-0.2, -0.15) is 5.10 Å². The zero-order chi connectivity index (χ0) is 21.1. The number of ether oxygens (including phenoxy) is 3. The fourth-order valence-corrected chi connectivity index (χ4v) is 3.56. The number of carbonyl (C=O) groups is 1. The molecule has 0 aliphatic carbocycles. The molecular formula is C23H22N2O5. The molecule has 0 spiro atoms. The van der Waals surface area contributed by atoms with Crippen LogP contribution in [0.1, 0.15) is 34.1 Å². The Morgan fingerprint density at radius 1 is 1.00 bits per heavy atom. The maximum absolute atomic E-state index is 13.5. The van der Waals surface area contributed by atoms with Gasteiger partial charge in [0.15, 0.2) is 11.5 Å². The third kappa shape index (κ3) is 3.50. The first-order valence-corrected chi connectivity index (χ1v) is 9.46. The second kappa shape index (κ2) is 8.32. The molecule has 3 aromatic rings. The lowest BCUT2D eigenvalue weighted by Gasteiger charge is -2.23. The predicted molar refractivity (Wildman–Crippen MR) is 111 cm³/mol. The van der Waals surface area contributed by atoms with Crippen molar-refractivity contribution in [2.45, 2.75) is 12.5 Å². The molecule has 1 aromatic heterocycles. The van der Waals surface area contributed by atoms with Crippen molar-refractivity contribution in [1.82, 2.24) is 5.01 Å². The van der Waals surface area contributed by atoms with Crippen LogP contribution in [0.5, 0.6) is 17.2 Å². The van der Waals surface area contributed by atoms with Gasteiger partial charge in [-0.05, 0) is 29.8 Å². The summed E-state index contributed by atoms with van der Waals surface area (Å²) >= 11 is 0. The van der Waals surface area contributed by atoms with Gasteiger partial charge in [-0.25, -0.2) is 5.01 Å². The van der Waals surface area contributed by atoms with Gasteiger partial charge in [-0.15, -0.1) is 0 Å². The smallest absolute Gasteiger partial charge is 0.274 e. The first-order chi connectivity index (χ1) is 14.7. The number of carbonyl (C=O) groups excluding carboxylic acids is 1. The van der Waals surface area contributed by atoms with E-state index in [4.69, 9.17) is 18.6 Å². The van der Waals surface area contributed by atoms with Crippen LogP contribution in [-0.4, -0.2) is 38.0 Å². The van der Waals surface area contributed by atoms with E-state index in [9.17, 15) is 4.79 Å². The van der Waals surface area contributed by atoms with Crippen LogP contribution in [0, 0.1) is 0 Å². The van der Waals surface area contributed by atoms with Crippen molar-refractivity contribution in [1.29, 1.82) is 0 Å². The zero-order valence-corrected chi connectivity index (χ0v) is 17.0. The topological polar surface area (TPSA) is 73.5 Å². The minimum Gasteiger partial charge on any atom is -0.493 e. The van der Waals surface area contributed by atoms with E-state index in [1.54, 1.807) is 24.5 Å². The Balaban J connectivity index is 1.76. The van der Waals surface area contributed by atoms with E-state index in [1.165, 1.54) is 26.3 Å². The van der Waals surface area contributed by atoms with Gasteiger partial charge in [0.25, 0.3) is 5.91 Å². The third-order valence-electron chi connectivity index (χ3n) is 5.02. The first-order valence-electron chi connectivity index (χ1n) is 9.46. The van der Waals surface area contributed by atoms with E-state index in [0.717, 1.165) is 11.3 Å². The fourth-order valence-electron chi connectivity index (χ4n) is 3.56. The Labute approximate surface area is 174 Å². The third-order valence-corrected chi connectivity index (χ3v) is 5.02. The average molecular weight is 406 g/mol. The standard InChI is InChI=1S/C23H22N2O5/c1-27-20-12-16(13-21(28-2)22(20)29-3)23(26)25-18(15-8-5-4-6-9-15)14-17(24-25)19-10-7-11-30-19/h4-13,18H,14H2,1-3H3. The number of amides is 1. The normalized spacial score (nSPS) is 15.6. The van der Waals surface area contributed by atoms with E-state index in [2.05, 4.69) is 5.10 Å². The minimum absolute atomic E-state index is 0.252. The molecule has 0 N–H and O–H groups in total. The lowest BCUT2D eigenvalue weighted by Crippen LogP contribution is -2.27. The van der Waals surface area contributed by atoms with E-state index >= 15 is 0 Å². The van der Waals surface area contributed by atoms with Crippen molar-refractivity contribution < 1.29 is 23.4 Å². The Bertz CT molecular complexity index is 1040. The van der Waals surface area contributed by atoms with E-state index in [0.29, 0.717) is 35.0 Å². The lowest BCUT2D eigenvalue weighted by molar-refractivity contribution is 0.0710. The van der Waals surface area contributed by atoms with Gasteiger partial charge >= 0.3 is 0 Å². The van der Waals surface area contributed by atoms with Crippen molar-refractivity contribution in [2.75, 3.05) is 21.3 Å². The number of hydrogen-bond donors (Lipinski definition) is 0. The van der Waals surface area contributed by atoms with Crippen LogP contribution in [0.15, 0.2) is 70.4 Å². The molecular weight excluding hydrogens is 384 g/mol. The van der Waals surface area contributed by atoms with Crippen LogP contribution >= 0.6 is 0 Å². The molecule has 7 heteroatoms. The predicted octanol–water partition coefficient (Wildman–Crippen LogP) is 4.30. The highest BCUT2D eigenvalue weighted by Crippen LogP contribution is 2.40. The van der Waals surface area contributed by atoms with E-state index in [-0.39, 0.29) is 11.9 Å². The molecule has 1 aliphatic heterocycles. The van der Waals surface area contributed by atoms with Crippen LogP contribution in [0.2, 0.25) is 0 Å². The highest BCUT2D eigenvalue weighted by molar-refractivity contribution is 6.03. The molecule has 2 heterocycles. The fraction of sp³-hybridized carbons (Fsp3) is 0.217. The monoisotopic (exact) mass is 406 g/mol. The summed E-state index contributed by atoms with van der Waals surface area (Å²) < 4.78 is 21.7. The van der Waals surface area contributed by atoms with Crippen molar-refractivity contribution in [3.05, 3.63) is 77.7 Å². The Morgan fingerprint density at radius 2 is 1.70 bits per heavy atom. The summed E-state index contributed by atoms with van der Waals surface area (Å²) in [5.74, 6) is 1.62. The number of methoxy groups -OCH3 is 3. The SMILES string of the molecule is COc1cc(C(=O)N2N=C(c3ccco3)CC2c2ccccc2)cc(OC)c1OC. The molecule has 30 heavy (non-hydrogen) atoms. The van der Waals surface area contributed by atoms with E-state index in [1.807, 2.05) is 36.4 Å². The molecule has 2 aromatic carbocycles. The molecule has 0 saturated carbocycles. The summed E-state index contributed by atoms with van der Waals surface area (Å²) in [6, 6.07) is 16.5. The molecule has 0 fully saturated rings. The summed E-state index contributed by atoms with van der Waals surface area (Å²) in [7, 11) is 4.55. The van der Waals surface area contributed by atoms with Crippen molar-refractivity contribution >= 4 is 11.6 Å². The molecule has 0 bridgehead atoms. The number of nitrogens with zero attached hydrogens (tertiary/aromatic N) is 2. The van der Waals surface area contributed by atoms with Gasteiger partial charge in [0.2, 0.25) is 5.75 Å². The number of furan rings is 1. The van der Waals surface area contributed by atoms with Crippen molar-refractivity contribution in [3.8, 4) is 17.2 Å². The van der Waals surface area contributed by atoms with Gasteiger partial charge in [0.1, 0.15) is 11.5 Å². The van der Waals surface area contributed by atoms with Gasteiger partial charge in [-0.1, -0.05) is 30.3 Å². The number of hydrazone groups is 1.